The van der Waals surface area contributed by atoms with Crippen LogP contribution in [0.2, 0.25) is 0 Å². The number of amides is 1. The van der Waals surface area contributed by atoms with E-state index < -0.39 is 23.6 Å². The summed E-state index contributed by atoms with van der Waals surface area (Å²) >= 11 is 0. The van der Waals surface area contributed by atoms with Crippen molar-refractivity contribution in [3.63, 3.8) is 0 Å². The van der Waals surface area contributed by atoms with Crippen LogP contribution >= 0.6 is 0 Å². The Balaban J connectivity index is 1.05. The summed E-state index contributed by atoms with van der Waals surface area (Å²) in [6.07, 6.45) is 3.16. The molecule has 6 heterocycles. The zero-order valence-electron chi connectivity index (χ0n) is 33.9. The number of nitrogens with one attached hydrogen (secondary N) is 1. The van der Waals surface area contributed by atoms with Gasteiger partial charge in [0.25, 0.3) is 11.5 Å². The normalized spacial score (nSPS) is 15.5. The Morgan fingerprint density at radius 1 is 0.951 bits per heavy atom. The summed E-state index contributed by atoms with van der Waals surface area (Å²) in [6.45, 7) is 9.59. The van der Waals surface area contributed by atoms with Gasteiger partial charge in [0.05, 0.1) is 40.3 Å². The fraction of sp³-hybridized carbons (Fsp3) is 0.267. The third kappa shape index (κ3) is 6.12. The van der Waals surface area contributed by atoms with Gasteiger partial charge in [-0.25, -0.2) is 14.6 Å². The highest BCUT2D eigenvalue weighted by molar-refractivity contribution is 5.94. The van der Waals surface area contributed by atoms with Crippen LogP contribution in [0, 0.1) is 0 Å². The van der Waals surface area contributed by atoms with Crippen molar-refractivity contribution in [1.82, 2.24) is 34.2 Å². The third-order valence-electron chi connectivity index (χ3n) is 11.6. The second kappa shape index (κ2) is 14.4. The Hall–Kier alpha value is -7.33. The van der Waals surface area contributed by atoms with Crippen molar-refractivity contribution in [1.29, 1.82) is 0 Å². The maximum atomic E-state index is 13.8. The molecule has 3 aromatic carbocycles. The highest BCUT2D eigenvalue weighted by atomic mass is 16.6. The Labute approximate surface area is 347 Å². The summed E-state index contributed by atoms with van der Waals surface area (Å²) in [4.78, 5) is 58.2. The van der Waals surface area contributed by atoms with Crippen LogP contribution < -0.4 is 15.6 Å². The Kier molecular flexibility index (Phi) is 9.27. The molecule has 16 nitrogen and oxygen atoms in total. The molecule has 2 aliphatic rings. The van der Waals surface area contributed by atoms with Crippen molar-refractivity contribution in [3.8, 4) is 45.7 Å². The number of aliphatic hydroxyl groups is 1. The van der Waals surface area contributed by atoms with E-state index in [-0.39, 0.29) is 76.6 Å². The number of benzene rings is 3. The number of nitrogens with zero attached hydrogens (tertiary/aromatic N) is 6. The molecule has 4 N–H and O–H groups in total. The number of aromatic nitrogens is 6. The molecule has 310 valence electrons. The SMILES string of the molecule is CCNC(=O)c1nnc(-c2cc(C(C)C)c(O)cc2O)n1-c1ccc2cn(C(=O)Oc3ccc4nc5c(c(CC)c4c3)Cn3c-5cc4c(c3=O)COC(=O)C4(O)CC)cc2c1. The van der Waals surface area contributed by atoms with E-state index in [2.05, 4.69) is 15.5 Å². The highest BCUT2D eigenvalue weighted by Crippen LogP contribution is 2.42. The van der Waals surface area contributed by atoms with Crippen molar-refractivity contribution in [2.45, 2.75) is 72.1 Å². The molecule has 1 amide bonds. The molecule has 7 aromatic rings. The molecular weight excluding hydrogens is 783 g/mol. The quantitative estimate of drug-likeness (QED) is 0.127. The number of carbonyl (C=O) groups excluding carboxylic acids is 3. The molecule has 16 heteroatoms. The maximum Gasteiger partial charge on any atom is 0.423 e. The first-order chi connectivity index (χ1) is 29.3. The van der Waals surface area contributed by atoms with E-state index in [0.29, 0.717) is 51.9 Å². The Morgan fingerprint density at radius 2 is 1.74 bits per heavy atom. The van der Waals surface area contributed by atoms with Crippen LogP contribution in [0.15, 0.2) is 71.8 Å². The molecule has 1 atom stereocenters. The van der Waals surface area contributed by atoms with Gasteiger partial charge >= 0.3 is 12.1 Å². The predicted octanol–water partition coefficient (Wildman–Crippen LogP) is 6.18. The third-order valence-corrected chi connectivity index (χ3v) is 11.6. The van der Waals surface area contributed by atoms with E-state index in [0.717, 1.165) is 16.5 Å². The van der Waals surface area contributed by atoms with Crippen LogP contribution in [0.4, 0.5) is 4.79 Å². The van der Waals surface area contributed by atoms with Crippen molar-refractivity contribution >= 4 is 39.6 Å². The van der Waals surface area contributed by atoms with Crippen LogP contribution in [-0.4, -0.2) is 68.7 Å². The molecule has 9 rings (SSSR count). The minimum atomic E-state index is -1.93. The Bertz CT molecular complexity index is 3090. The van der Waals surface area contributed by atoms with Gasteiger partial charge in [-0.3, -0.25) is 18.7 Å². The molecule has 61 heavy (non-hydrogen) atoms. The number of pyridine rings is 2. The lowest BCUT2D eigenvalue weighted by atomic mass is 9.86. The molecule has 2 aliphatic heterocycles. The average Bonchev–Trinajstić information content (AvgIpc) is 3.97. The lowest BCUT2D eigenvalue weighted by molar-refractivity contribution is -0.172. The molecule has 0 radical (unpaired) electrons. The number of hydrogen-bond donors (Lipinski definition) is 4. The van der Waals surface area contributed by atoms with Gasteiger partial charge < -0.3 is 34.7 Å². The topological polar surface area (TPSA) is 213 Å². The first-order valence-corrected chi connectivity index (χ1v) is 20.0. The minimum Gasteiger partial charge on any atom is -0.508 e. The number of phenolic OH excluding ortho intramolecular Hbond substituents is 2. The summed E-state index contributed by atoms with van der Waals surface area (Å²) in [6, 6.07) is 15.0. The van der Waals surface area contributed by atoms with Gasteiger partial charge in [0.15, 0.2) is 11.4 Å². The number of hydrogen-bond acceptors (Lipinski definition) is 12. The molecule has 0 fully saturated rings. The van der Waals surface area contributed by atoms with Crippen LogP contribution in [0.5, 0.6) is 17.2 Å². The highest BCUT2D eigenvalue weighted by Gasteiger charge is 2.45. The minimum absolute atomic E-state index is 0.0265. The molecular formula is C45H41N7O9. The number of carbonyl (C=O) groups is 3. The number of ether oxygens (including phenoxy) is 2. The fourth-order valence-corrected chi connectivity index (χ4v) is 8.46. The molecule has 0 aliphatic carbocycles. The lowest BCUT2D eigenvalue weighted by Crippen LogP contribution is -2.44. The second-order valence-electron chi connectivity index (χ2n) is 15.5. The number of aryl methyl sites for hydroxylation is 1. The van der Waals surface area contributed by atoms with Crippen LogP contribution in [0.25, 0.3) is 50.1 Å². The van der Waals surface area contributed by atoms with E-state index in [4.69, 9.17) is 14.5 Å². The summed E-state index contributed by atoms with van der Waals surface area (Å²) < 4.78 is 15.5. The van der Waals surface area contributed by atoms with Gasteiger partial charge in [0.1, 0.15) is 23.9 Å². The van der Waals surface area contributed by atoms with Crippen molar-refractivity contribution in [3.05, 3.63) is 111 Å². The van der Waals surface area contributed by atoms with Gasteiger partial charge in [0.2, 0.25) is 5.82 Å². The van der Waals surface area contributed by atoms with E-state index in [9.17, 15) is 34.5 Å². The van der Waals surface area contributed by atoms with Crippen LogP contribution in [0.1, 0.15) is 85.4 Å². The van der Waals surface area contributed by atoms with E-state index >= 15 is 0 Å². The maximum absolute atomic E-state index is 13.8. The standard InChI is InChI=1S/C45H41N7O9/c1-6-27-29-14-26(11-12-34(29)47-38-31(27)20-51-35(38)16-33-32(42(51)56)21-60-43(57)45(33,59)7-2)61-44(58)50-18-23-9-10-25(13-24(23)19-50)52-39(48-49-40(52)41(55)46-8-3)30-15-28(22(4)5)36(53)17-37(30)54/h9-19,22,53-54,59H,6-8,20-21H2,1-5H3,(H,46,55). The molecule has 0 bridgehead atoms. The van der Waals surface area contributed by atoms with Gasteiger partial charge in [-0.2, -0.15) is 0 Å². The van der Waals surface area contributed by atoms with Gasteiger partial charge in [-0.1, -0.05) is 33.8 Å². The predicted molar refractivity (Wildman–Crippen MR) is 223 cm³/mol. The van der Waals surface area contributed by atoms with E-state index in [1.54, 1.807) is 79.3 Å². The van der Waals surface area contributed by atoms with E-state index in [1.807, 2.05) is 20.8 Å². The van der Waals surface area contributed by atoms with Gasteiger partial charge in [0, 0.05) is 52.3 Å². The monoisotopic (exact) mass is 823 g/mol. The van der Waals surface area contributed by atoms with E-state index in [1.165, 1.54) is 15.2 Å². The number of fused-ring (bicyclic) bond motifs is 6. The largest absolute Gasteiger partial charge is 0.508 e. The van der Waals surface area contributed by atoms with Crippen molar-refractivity contribution in [2.75, 3.05) is 6.54 Å². The average molecular weight is 824 g/mol. The smallest absolute Gasteiger partial charge is 0.423 e. The molecule has 0 saturated carbocycles. The lowest BCUT2D eigenvalue weighted by Gasteiger charge is -2.31. The van der Waals surface area contributed by atoms with Crippen LogP contribution in [-0.2, 0) is 34.7 Å². The Morgan fingerprint density at radius 3 is 2.48 bits per heavy atom. The first-order valence-electron chi connectivity index (χ1n) is 20.0. The zero-order valence-corrected chi connectivity index (χ0v) is 33.9. The second-order valence-corrected chi connectivity index (χ2v) is 15.5. The zero-order chi connectivity index (χ0) is 43.1. The fourth-order valence-electron chi connectivity index (χ4n) is 8.46. The molecule has 0 spiro atoms. The summed E-state index contributed by atoms with van der Waals surface area (Å²) in [5.74, 6) is -1.24. The van der Waals surface area contributed by atoms with Crippen molar-refractivity contribution < 1.29 is 39.2 Å². The number of esters is 1. The number of aromatic hydroxyl groups is 2. The van der Waals surface area contributed by atoms with Crippen molar-refractivity contribution in [2.24, 2.45) is 0 Å². The summed E-state index contributed by atoms with van der Waals surface area (Å²) in [5.41, 5.74) is 2.97. The summed E-state index contributed by atoms with van der Waals surface area (Å²) in [5, 5.41) is 46.0. The van der Waals surface area contributed by atoms with Crippen LogP contribution in [0.3, 0.4) is 0 Å². The molecule has 4 aromatic heterocycles. The summed E-state index contributed by atoms with van der Waals surface area (Å²) in [7, 11) is 0. The van der Waals surface area contributed by atoms with Gasteiger partial charge in [-0.15, -0.1) is 10.2 Å². The number of cyclic esters (lactones) is 1. The number of rotatable bonds is 8. The first kappa shape index (κ1) is 39.1. The number of phenols is 2. The molecule has 0 saturated heterocycles. The van der Waals surface area contributed by atoms with Gasteiger partial charge in [-0.05, 0) is 79.3 Å². The molecule has 1 unspecified atom stereocenters.